The molecule has 0 bridgehead atoms. The van der Waals surface area contributed by atoms with Gasteiger partial charge in [0.15, 0.2) is 0 Å². The lowest BCUT2D eigenvalue weighted by molar-refractivity contribution is -0.384. The van der Waals surface area contributed by atoms with Crippen LogP contribution in [0.1, 0.15) is 19.8 Å². The summed E-state index contributed by atoms with van der Waals surface area (Å²) in [6.45, 7) is 1.85. The molecule has 110 valence electrons. The molecular formula is C12H17N3O4S. The molecule has 0 aliphatic heterocycles. The van der Waals surface area contributed by atoms with E-state index < -0.39 is 20.6 Å². The number of anilines is 1. The van der Waals surface area contributed by atoms with Gasteiger partial charge in [-0.2, -0.15) is 4.31 Å². The maximum atomic E-state index is 12.5. The van der Waals surface area contributed by atoms with Crippen molar-refractivity contribution in [3.05, 3.63) is 28.3 Å². The molecule has 20 heavy (non-hydrogen) atoms. The number of hydrogen-bond acceptors (Lipinski definition) is 5. The van der Waals surface area contributed by atoms with Crippen molar-refractivity contribution in [2.45, 2.75) is 30.7 Å². The molecule has 0 amide bonds. The normalized spacial score (nSPS) is 17.1. The van der Waals surface area contributed by atoms with Gasteiger partial charge in [0.05, 0.1) is 9.82 Å². The molecule has 0 radical (unpaired) electrons. The van der Waals surface area contributed by atoms with E-state index in [0.29, 0.717) is 5.92 Å². The fourth-order valence-electron chi connectivity index (χ4n) is 2.10. The monoisotopic (exact) mass is 299 g/mol. The van der Waals surface area contributed by atoms with E-state index in [2.05, 4.69) is 0 Å². The number of nitrogen functional groups attached to an aromatic ring is 1. The van der Waals surface area contributed by atoms with Crippen LogP contribution in [0, 0.1) is 16.0 Å². The second kappa shape index (κ2) is 5.02. The van der Waals surface area contributed by atoms with Crippen molar-refractivity contribution < 1.29 is 13.3 Å². The molecule has 0 aromatic heterocycles. The van der Waals surface area contributed by atoms with Crippen LogP contribution in [0.5, 0.6) is 0 Å². The third-order valence-corrected chi connectivity index (χ3v) is 5.69. The Morgan fingerprint density at radius 1 is 1.45 bits per heavy atom. The number of rotatable bonds is 5. The average Bonchev–Trinajstić information content (AvgIpc) is 3.21. The average molecular weight is 299 g/mol. The van der Waals surface area contributed by atoms with Crippen molar-refractivity contribution in [2.75, 3.05) is 12.8 Å². The second-order valence-electron chi connectivity index (χ2n) is 5.08. The van der Waals surface area contributed by atoms with Gasteiger partial charge in [-0.25, -0.2) is 8.42 Å². The van der Waals surface area contributed by atoms with Crippen molar-refractivity contribution >= 4 is 21.4 Å². The summed E-state index contributed by atoms with van der Waals surface area (Å²) in [6.07, 6.45) is 2.03. The Morgan fingerprint density at radius 3 is 2.55 bits per heavy atom. The van der Waals surface area contributed by atoms with Gasteiger partial charge in [-0.1, -0.05) is 0 Å². The molecule has 2 rings (SSSR count). The third-order valence-electron chi connectivity index (χ3n) is 3.75. The van der Waals surface area contributed by atoms with Gasteiger partial charge in [-0.05, 0) is 37.8 Å². The number of nitro groups is 1. The van der Waals surface area contributed by atoms with E-state index in [-0.39, 0.29) is 16.6 Å². The molecule has 1 aromatic carbocycles. The van der Waals surface area contributed by atoms with Crippen LogP contribution >= 0.6 is 0 Å². The molecule has 1 aliphatic rings. The number of sulfonamides is 1. The van der Waals surface area contributed by atoms with Gasteiger partial charge in [0.1, 0.15) is 5.69 Å². The highest BCUT2D eigenvalue weighted by Gasteiger charge is 2.36. The molecule has 1 unspecified atom stereocenters. The van der Waals surface area contributed by atoms with Crippen LogP contribution in [0.4, 0.5) is 11.4 Å². The molecule has 1 aliphatic carbocycles. The Hall–Kier alpha value is -1.67. The molecule has 8 heteroatoms. The fourth-order valence-corrected chi connectivity index (χ4v) is 3.55. The van der Waals surface area contributed by atoms with Gasteiger partial charge in [0.25, 0.3) is 5.69 Å². The van der Waals surface area contributed by atoms with Crippen molar-refractivity contribution in [1.82, 2.24) is 4.31 Å². The minimum Gasteiger partial charge on any atom is -0.393 e. The third kappa shape index (κ3) is 2.61. The Kier molecular flexibility index (Phi) is 3.70. The first-order valence-electron chi connectivity index (χ1n) is 6.27. The zero-order valence-corrected chi connectivity index (χ0v) is 12.1. The Labute approximate surface area is 117 Å². The summed E-state index contributed by atoms with van der Waals surface area (Å²) >= 11 is 0. The van der Waals surface area contributed by atoms with Crippen LogP contribution < -0.4 is 5.73 Å². The van der Waals surface area contributed by atoms with E-state index >= 15 is 0 Å². The van der Waals surface area contributed by atoms with Crippen molar-refractivity contribution in [3.8, 4) is 0 Å². The fraction of sp³-hybridized carbons (Fsp3) is 0.500. The number of hydrogen-bond donors (Lipinski definition) is 1. The van der Waals surface area contributed by atoms with Crippen LogP contribution in [0.2, 0.25) is 0 Å². The highest BCUT2D eigenvalue weighted by molar-refractivity contribution is 7.89. The predicted octanol–water partition coefficient (Wildman–Crippen LogP) is 1.60. The van der Waals surface area contributed by atoms with Gasteiger partial charge in [0, 0.05) is 19.2 Å². The smallest absolute Gasteiger partial charge is 0.293 e. The Balaban J connectivity index is 2.38. The molecule has 2 N–H and O–H groups in total. The summed E-state index contributed by atoms with van der Waals surface area (Å²) < 4.78 is 26.2. The first kappa shape index (κ1) is 14.7. The molecule has 1 saturated carbocycles. The van der Waals surface area contributed by atoms with Gasteiger partial charge in [0.2, 0.25) is 10.0 Å². The van der Waals surface area contributed by atoms with Gasteiger partial charge in [-0.15, -0.1) is 0 Å². The molecule has 7 nitrogen and oxygen atoms in total. The highest BCUT2D eigenvalue weighted by atomic mass is 32.2. The Bertz CT molecular complexity index is 640. The molecule has 1 aromatic rings. The second-order valence-corrected chi connectivity index (χ2v) is 7.07. The number of nitrogens with zero attached hydrogens (tertiary/aromatic N) is 2. The van der Waals surface area contributed by atoms with Gasteiger partial charge in [-0.3, -0.25) is 10.1 Å². The molecule has 1 atom stereocenters. The van der Waals surface area contributed by atoms with E-state index in [9.17, 15) is 18.5 Å². The largest absolute Gasteiger partial charge is 0.393 e. The minimum absolute atomic E-state index is 0.0492. The lowest BCUT2D eigenvalue weighted by Crippen LogP contribution is -2.36. The van der Waals surface area contributed by atoms with Crippen LogP contribution in [0.3, 0.4) is 0 Å². The number of benzene rings is 1. The van der Waals surface area contributed by atoms with Crippen LogP contribution in [0.15, 0.2) is 23.1 Å². The lowest BCUT2D eigenvalue weighted by atomic mass is 10.2. The molecule has 0 spiro atoms. The highest BCUT2D eigenvalue weighted by Crippen LogP contribution is 2.37. The quantitative estimate of drug-likeness (QED) is 0.505. The maximum Gasteiger partial charge on any atom is 0.293 e. The summed E-state index contributed by atoms with van der Waals surface area (Å²) in [5.41, 5.74) is 5.04. The Morgan fingerprint density at radius 2 is 2.05 bits per heavy atom. The summed E-state index contributed by atoms with van der Waals surface area (Å²) in [7, 11) is -2.24. The zero-order valence-electron chi connectivity index (χ0n) is 11.3. The lowest BCUT2D eigenvalue weighted by Gasteiger charge is -2.24. The molecule has 1 fully saturated rings. The minimum atomic E-state index is -3.74. The standard InChI is InChI=1S/C12H17N3O4S/c1-8(9-3-4-9)14(2)20(18,19)10-5-6-11(13)12(7-10)15(16)17/h5-9H,3-4,13H2,1-2H3. The van der Waals surface area contributed by atoms with Crippen molar-refractivity contribution in [2.24, 2.45) is 5.92 Å². The first-order chi connectivity index (χ1) is 9.25. The summed E-state index contributed by atoms with van der Waals surface area (Å²) in [4.78, 5) is 10.1. The van der Waals surface area contributed by atoms with E-state index in [4.69, 9.17) is 5.73 Å². The van der Waals surface area contributed by atoms with Crippen molar-refractivity contribution in [1.29, 1.82) is 0 Å². The molecular weight excluding hydrogens is 282 g/mol. The summed E-state index contributed by atoms with van der Waals surface area (Å²) in [5.74, 6) is 0.374. The van der Waals surface area contributed by atoms with E-state index in [1.54, 1.807) is 0 Å². The van der Waals surface area contributed by atoms with Crippen LogP contribution in [0.25, 0.3) is 0 Å². The number of nitro benzene ring substituents is 1. The van der Waals surface area contributed by atoms with E-state index in [1.807, 2.05) is 6.92 Å². The van der Waals surface area contributed by atoms with Crippen LogP contribution in [-0.4, -0.2) is 30.7 Å². The zero-order chi connectivity index (χ0) is 15.1. The van der Waals surface area contributed by atoms with Crippen LogP contribution in [-0.2, 0) is 10.0 Å². The maximum absolute atomic E-state index is 12.5. The molecule has 0 heterocycles. The van der Waals surface area contributed by atoms with E-state index in [1.165, 1.54) is 23.5 Å². The topological polar surface area (TPSA) is 107 Å². The summed E-state index contributed by atoms with van der Waals surface area (Å²) in [6, 6.07) is 3.45. The van der Waals surface area contributed by atoms with Crippen molar-refractivity contribution in [3.63, 3.8) is 0 Å². The van der Waals surface area contributed by atoms with Gasteiger partial charge < -0.3 is 5.73 Å². The SMILES string of the molecule is CC(C1CC1)N(C)S(=O)(=O)c1ccc(N)c([N+](=O)[O-])c1. The van der Waals surface area contributed by atoms with Gasteiger partial charge >= 0.3 is 0 Å². The number of nitrogens with two attached hydrogens (primary N) is 1. The predicted molar refractivity (Wildman–Crippen MR) is 74.6 cm³/mol. The van der Waals surface area contributed by atoms with E-state index in [0.717, 1.165) is 18.9 Å². The molecule has 0 saturated heterocycles. The first-order valence-corrected chi connectivity index (χ1v) is 7.71. The summed E-state index contributed by atoms with van der Waals surface area (Å²) in [5, 5.41) is 10.8.